The van der Waals surface area contributed by atoms with Gasteiger partial charge in [-0.25, -0.2) is 13.4 Å². The van der Waals surface area contributed by atoms with Crippen LogP contribution in [0.5, 0.6) is 0 Å². The average Bonchev–Trinajstić information content (AvgIpc) is 2.52. The number of nitrogen functional groups attached to an aromatic ring is 1. The van der Waals surface area contributed by atoms with Crippen LogP contribution in [0.4, 0.5) is 17.5 Å². The van der Waals surface area contributed by atoms with E-state index >= 15 is 0 Å². The Morgan fingerprint density at radius 3 is 2.54 bits per heavy atom. The Bertz CT molecular complexity index is 1020. The molecule has 0 fully saturated rings. The van der Waals surface area contributed by atoms with Gasteiger partial charge in [0.15, 0.2) is 0 Å². The fourth-order valence-corrected chi connectivity index (χ4v) is 3.11. The predicted octanol–water partition coefficient (Wildman–Crippen LogP) is 2.29. The van der Waals surface area contributed by atoms with Gasteiger partial charge in [-0.05, 0) is 23.8 Å². The lowest BCUT2D eigenvalue weighted by atomic mass is 10.0. The van der Waals surface area contributed by atoms with Crippen LogP contribution in [0.15, 0.2) is 42.5 Å². The van der Waals surface area contributed by atoms with Crippen LogP contribution in [-0.4, -0.2) is 31.7 Å². The molecule has 0 aliphatic carbocycles. The number of aromatic nitrogens is 2. The summed E-state index contributed by atoms with van der Waals surface area (Å²) in [6, 6.07) is 12.8. The highest BCUT2D eigenvalue weighted by molar-refractivity contribution is 7.92. The summed E-state index contributed by atoms with van der Waals surface area (Å²) >= 11 is 0. The molecule has 1 heterocycles. The first-order valence-electron chi connectivity index (χ1n) is 7.19. The molecule has 0 aliphatic rings. The Balaban J connectivity index is 2.17. The van der Waals surface area contributed by atoms with Crippen molar-refractivity contribution in [2.45, 2.75) is 0 Å². The summed E-state index contributed by atoms with van der Waals surface area (Å²) in [4.78, 5) is 8.41. The quantitative estimate of drug-likeness (QED) is 0.670. The third-order valence-electron chi connectivity index (χ3n) is 3.48. The summed E-state index contributed by atoms with van der Waals surface area (Å²) in [5, 5.41) is 3.83. The fourth-order valence-electron chi connectivity index (χ4n) is 2.53. The number of nitrogens with two attached hydrogens (primary N) is 1. The average molecular weight is 343 g/mol. The molecule has 7 nitrogen and oxygen atoms in total. The molecule has 3 aromatic rings. The van der Waals surface area contributed by atoms with E-state index in [1.807, 2.05) is 30.3 Å². The molecule has 124 valence electrons. The normalized spacial score (nSPS) is 11.4. The molecular formula is C16H17N5O2S. The molecule has 1 aromatic heterocycles. The number of para-hydroxylation sites is 1. The number of nitrogens with zero attached hydrogens (tertiary/aromatic N) is 2. The van der Waals surface area contributed by atoms with Gasteiger partial charge in [0.2, 0.25) is 16.0 Å². The van der Waals surface area contributed by atoms with Crippen LogP contribution in [-0.2, 0) is 10.0 Å². The lowest BCUT2D eigenvalue weighted by molar-refractivity contribution is 0.607. The lowest BCUT2D eigenvalue weighted by Crippen LogP contribution is -2.10. The minimum Gasteiger partial charge on any atom is -0.372 e. The number of fused-ring (bicyclic) bond motifs is 1. The van der Waals surface area contributed by atoms with E-state index in [0.29, 0.717) is 17.0 Å². The second kappa shape index (κ2) is 5.97. The fraction of sp³-hybridized carbons (Fsp3) is 0.125. The zero-order valence-corrected chi connectivity index (χ0v) is 14.1. The first kappa shape index (κ1) is 16.0. The molecule has 0 atom stereocenters. The first-order valence-corrected chi connectivity index (χ1v) is 9.09. The van der Waals surface area contributed by atoms with Crippen molar-refractivity contribution in [3.63, 3.8) is 0 Å². The van der Waals surface area contributed by atoms with Gasteiger partial charge in [-0.2, -0.15) is 4.98 Å². The Hall–Kier alpha value is -2.87. The van der Waals surface area contributed by atoms with E-state index in [2.05, 4.69) is 20.0 Å². The molecule has 3 rings (SSSR count). The minimum atomic E-state index is -3.37. The molecule has 0 amide bonds. The van der Waals surface area contributed by atoms with E-state index in [1.54, 1.807) is 19.2 Å². The van der Waals surface area contributed by atoms with Gasteiger partial charge in [-0.15, -0.1) is 0 Å². The molecular weight excluding hydrogens is 326 g/mol. The van der Waals surface area contributed by atoms with Crippen molar-refractivity contribution in [3.8, 4) is 11.1 Å². The maximum atomic E-state index is 11.6. The van der Waals surface area contributed by atoms with E-state index in [-0.39, 0.29) is 5.95 Å². The molecule has 2 aromatic carbocycles. The van der Waals surface area contributed by atoms with E-state index in [0.717, 1.165) is 22.8 Å². The Labute approximate surface area is 140 Å². The number of rotatable bonds is 4. The van der Waals surface area contributed by atoms with Crippen molar-refractivity contribution in [1.82, 2.24) is 9.97 Å². The molecule has 0 saturated carbocycles. The summed E-state index contributed by atoms with van der Waals surface area (Å²) in [7, 11) is -1.61. The maximum absolute atomic E-state index is 11.6. The monoisotopic (exact) mass is 343 g/mol. The van der Waals surface area contributed by atoms with Gasteiger partial charge in [0.1, 0.15) is 5.82 Å². The number of benzene rings is 2. The van der Waals surface area contributed by atoms with E-state index in [1.165, 1.54) is 0 Å². The van der Waals surface area contributed by atoms with Gasteiger partial charge >= 0.3 is 0 Å². The highest BCUT2D eigenvalue weighted by Crippen LogP contribution is 2.32. The van der Waals surface area contributed by atoms with Crippen molar-refractivity contribution in [1.29, 1.82) is 0 Å². The summed E-state index contributed by atoms with van der Waals surface area (Å²) in [6.07, 6.45) is 1.12. The molecule has 4 N–H and O–H groups in total. The standard InChI is InChI=1S/C16H17N5O2S/c1-18-15-12-8-7-10(9-14(12)19-16(17)20-15)11-5-3-4-6-13(11)21-24(2,22)23/h3-9,21H,1-2H3,(H3,17,18,19,20). The molecule has 0 bridgehead atoms. The molecule has 24 heavy (non-hydrogen) atoms. The minimum absolute atomic E-state index is 0.173. The summed E-state index contributed by atoms with van der Waals surface area (Å²) in [6.45, 7) is 0. The van der Waals surface area contributed by atoms with Crippen molar-refractivity contribution in [2.75, 3.05) is 29.1 Å². The Morgan fingerprint density at radius 2 is 1.83 bits per heavy atom. The largest absolute Gasteiger partial charge is 0.372 e. The number of hydrogen-bond acceptors (Lipinski definition) is 6. The van der Waals surface area contributed by atoms with Crippen LogP contribution >= 0.6 is 0 Å². The van der Waals surface area contributed by atoms with Crippen LogP contribution in [0.1, 0.15) is 0 Å². The van der Waals surface area contributed by atoms with Gasteiger partial charge in [0.05, 0.1) is 17.5 Å². The smallest absolute Gasteiger partial charge is 0.229 e. The van der Waals surface area contributed by atoms with Gasteiger partial charge in [0, 0.05) is 18.0 Å². The van der Waals surface area contributed by atoms with Crippen molar-refractivity contribution < 1.29 is 8.42 Å². The van der Waals surface area contributed by atoms with Crippen LogP contribution < -0.4 is 15.8 Å². The lowest BCUT2D eigenvalue weighted by Gasteiger charge is -2.12. The number of nitrogens with one attached hydrogen (secondary N) is 2. The maximum Gasteiger partial charge on any atom is 0.229 e. The summed E-state index contributed by atoms with van der Waals surface area (Å²) < 4.78 is 25.7. The van der Waals surface area contributed by atoms with Crippen LogP contribution in [0.25, 0.3) is 22.0 Å². The van der Waals surface area contributed by atoms with Crippen molar-refractivity contribution in [3.05, 3.63) is 42.5 Å². The summed E-state index contributed by atoms with van der Waals surface area (Å²) in [5.41, 5.74) is 8.52. The molecule has 0 aliphatic heterocycles. The zero-order valence-electron chi connectivity index (χ0n) is 13.2. The molecule has 8 heteroatoms. The SMILES string of the molecule is CNc1nc(N)nc2cc(-c3ccccc3NS(C)(=O)=O)ccc12. The topological polar surface area (TPSA) is 110 Å². The third-order valence-corrected chi connectivity index (χ3v) is 4.08. The third kappa shape index (κ3) is 3.23. The van der Waals surface area contributed by atoms with E-state index in [9.17, 15) is 8.42 Å². The Morgan fingerprint density at radius 1 is 1.08 bits per heavy atom. The Kier molecular flexibility index (Phi) is 3.98. The highest BCUT2D eigenvalue weighted by atomic mass is 32.2. The van der Waals surface area contributed by atoms with Crippen LogP contribution in [0.3, 0.4) is 0 Å². The molecule has 0 unspecified atom stereocenters. The predicted molar refractivity (Wildman–Crippen MR) is 97.4 cm³/mol. The van der Waals surface area contributed by atoms with Gasteiger partial charge in [0.25, 0.3) is 0 Å². The van der Waals surface area contributed by atoms with E-state index in [4.69, 9.17) is 5.73 Å². The second-order valence-corrected chi connectivity index (χ2v) is 7.08. The second-order valence-electron chi connectivity index (χ2n) is 5.33. The number of sulfonamides is 1. The molecule has 0 saturated heterocycles. The number of hydrogen-bond donors (Lipinski definition) is 3. The van der Waals surface area contributed by atoms with Gasteiger partial charge in [-0.3, -0.25) is 4.72 Å². The van der Waals surface area contributed by atoms with Crippen LogP contribution in [0.2, 0.25) is 0 Å². The highest BCUT2D eigenvalue weighted by Gasteiger charge is 2.11. The zero-order chi connectivity index (χ0) is 17.3. The molecule has 0 spiro atoms. The first-order chi connectivity index (χ1) is 11.4. The van der Waals surface area contributed by atoms with Crippen molar-refractivity contribution >= 4 is 38.4 Å². The summed E-state index contributed by atoms with van der Waals surface area (Å²) in [5.74, 6) is 0.818. The van der Waals surface area contributed by atoms with Crippen LogP contribution in [0, 0.1) is 0 Å². The van der Waals surface area contributed by atoms with Crippen molar-refractivity contribution in [2.24, 2.45) is 0 Å². The van der Waals surface area contributed by atoms with Gasteiger partial charge in [-0.1, -0.05) is 24.3 Å². The van der Waals surface area contributed by atoms with Gasteiger partial charge < -0.3 is 11.1 Å². The number of anilines is 3. The molecule has 0 radical (unpaired) electrons. The van der Waals surface area contributed by atoms with E-state index < -0.39 is 10.0 Å².